The Labute approximate surface area is 251 Å². The zero-order valence-corrected chi connectivity index (χ0v) is 20.2. The van der Waals surface area contributed by atoms with Crippen LogP contribution in [0.2, 0.25) is 10.0 Å². The van der Waals surface area contributed by atoms with Crippen molar-refractivity contribution in [1.29, 1.82) is 0 Å². The van der Waals surface area contributed by atoms with E-state index in [2.05, 4.69) is 10.4 Å². The first-order chi connectivity index (χ1) is 15.4. The van der Waals surface area contributed by atoms with Crippen molar-refractivity contribution in [3.05, 3.63) is 55.5 Å². The number of hydrogen-bond donors (Lipinski definition) is 2. The fourth-order valence-electron chi connectivity index (χ4n) is 2.71. The number of benzene rings is 1. The normalized spacial score (nSPS) is 10.8. The van der Waals surface area contributed by atoms with Crippen LogP contribution in [-0.2, 0) is 4.74 Å². The van der Waals surface area contributed by atoms with Crippen molar-refractivity contribution < 1.29 is 19.4 Å². The molecule has 0 radical (unpaired) electrons. The molecule has 0 spiro atoms. The van der Waals surface area contributed by atoms with Crippen LogP contribution in [0.15, 0.2) is 40.8 Å². The predicted molar refractivity (Wildman–Crippen MR) is 138 cm³/mol. The monoisotopic (exact) mass is 551 g/mol. The molecule has 0 aliphatic rings. The number of nitrogens with one attached hydrogen (secondary N) is 1. The number of hydrazone groups is 1. The predicted octanol–water partition coefficient (Wildman–Crippen LogP) is 4.87. The SMILES string of the molecule is CC=NN(C(=O)c1ccc(C(=O)NCCOC)s1)c1csc(-c2ccc(Cl)c(Cl)c2)c1O.[KH]. The number of halogens is 2. The Kier molecular flexibility index (Phi) is 11.5. The molecule has 2 amide bonds. The number of thiophene rings is 2. The second-order valence-corrected chi connectivity index (χ2v) is 9.11. The number of aromatic hydroxyl groups is 1. The van der Waals surface area contributed by atoms with Crippen molar-refractivity contribution in [3.63, 3.8) is 0 Å². The summed E-state index contributed by atoms with van der Waals surface area (Å²) in [4.78, 5) is 26.6. The second kappa shape index (κ2) is 13.3. The van der Waals surface area contributed by atoms with E-state index in [0.717, 1.165) is 16.3 Å². The average molecular weight is 553 g/mol. The summed E-state index contributed by atoms with van der Waals surface area (Å²) in [7, 11) is 1.55. The summed E-state index contributed by atoms with van der Waals surface area (Å²) in [5.74, 6) is -0.879. The van der Waals surface area contributed by atoms with Crippen LogP contribution in [-0.4, -0.2) is 94.8 Å². The molecule has 0 saturated carbocycles. The quantitative estimate of drug-likeness (QED) is 0.181. The molecular weight excluding hydrogens is 532 g/mol. The van der Waals surface area contributed by atoms with Gasteiger partial charge >= 0.3 is 51.4 Å². The first kappa shape index (κ1) is 28.4. The van der Waals surface area contributed by atoms with Gasteiger partial charge < -0.3 is 15.2 Å². The molecule has 3 rings (SSSR count). The van der Waals surface area contributed by atoms with Gasteiger partial charge in [-0.1, -0.05) is 29.3 Å². The van der Waals surface area contributed by atoms with Gasteiger partial charge in [-0.25, -0.2) is 0 Å². The molecule has 3 aromatic rings. The van der Waals surface area contributed by atoms with E-state index in [1.54, 1.807) is 49.7 Å². The van der Waals surface area contributed by atoms with Gasteiger partial charge in [0.25, 0.3) is 11.8 Å². The van der Waals surface area contributed by atoms with E-state index < -0.39 is 5.91 Å². The Morgan fingerprint density at radius 1 is 1.21 bits per heavy atom. The van der Waals surface area contributed by atoms with Gasteiger partial charge in [-0.15, -0.1) is 22.7 Å². The van der Waals surface area contributed by atoms with Gasteiger partial charge in [-0.05, 0) is 36.8 Å². The van der Waals surface area contributed by atoms with Crippen molar-refractivity contribution in [1.82, 2.24) is 5.32 Å². The molecule has 0 fully saturated rings. The Hall–Kier alpha value is -0.794. The molecule has 0 unspecified atom stereocenters. The van der Waals surface area contributed by atoms with Crippen LogP contribution in [0.1, 0.15) is 26.3 Å². The number of carbonyl (C=O) groups excluding carboxylic acids is 2. The molecular formula is C21H20Cl2KN3O4S2. The summed E-state index contributed by atoms with van der Waals surface area (Å²) in [5, 5.41) is 21.2. The molecule has 170 valence electrons. The van der Waals surface area contributed by atoms with Crippen molar-refractivity contribution in [3.8, 4) is 16.2 Å². The summed E-state index contributed by atoms with van der Waals surface area (Å²) in [6, 6.07) is 8.13. The molecule has 2 N–H and O–H groups in total. The van der Waals surface area contributed by atoms with Crippen molar-refractivity contribution in [2.24, 2.45) is 5.10 Å². The van der Waals surface area contributed by atoms with E-state index in [9.17, 15) is 14.7 Å². The van der Waals surface area contributed by atoms with Crippen molar-refractivity contribution in [2.45, 2.75) is 6.92 Å². The Balaban J connectivity index is 0.00000385. The molecule has 7 nitrogen and oxygen atoms in total. The first-order valence-corrected chi connectivity index (χ1v) is 11.8. The van der Waals surface area contributed by atoms with Crippen molar-refractivity contribution in [2.75, 3.05) is 25.3 Å². The molecule has 2 aromatic heterocycles. The third-order valence-electron chi connectivity index (χ3n) is 4.21. The van der Waals surface area contributed by atoms with E-state index in [-0.39, 0.29) is 68.7 Å². The Bertz CT molecular complexity index is 1170. The minimum absolute atomic E-state index is 0. The van der Waals surface area contributed by atoms with Crippen LogP contribution < -0.4 is 10.3 Å². The van der Waals surface area contributed by atoms with Gasteiger partial charge in [0.15, 0.2) is 5.75 Å². The topological polar surface area (TPSA) is 91.2 Å². The standard InChI is InChI=1S/C21H19Cl2N3O4S2.K.H/c1-3-25-26(21(29)17-7-6-16(32-17)20(28)24-8-9-30-2)15-11-31-19(18(15)27)12-4-5-13(22)14(23)10-12;;/h3-7,10-11,27H,8-9H2,1-2H3,(H,24,28);;. The van der Waals surface area contributed by atoms with Gasteiger partial charge in [-0.2, -0.15) is 10.1 Å². The van der Waals surface area contributed by atoms with E-state index in [4.69, 9.17) is 27.9 Å². The Morgan fingerprint density at radius 2 is 1.94 bits per heavy atom. The van der Waals surface area contributed by atoms with Gasteiger partial charge in [0, 0.05) is 25.2 Å². The third-order valence-corrected chi connectivity index (χ3v) is 7.03. The van der Waals surface area contributed by atoms with Crippen LogP contribution in [0.4, 0.5) is 5.69 Å². The number of rotatable bonds is 8. The maximum absolute atomic E-state index is 13.2. The fraction of sp³-hybridized carbons (Fsp3) is 0.190. The number of methoxy groups -OCH3 is 1. The van der Waals surface area contributed by atoms with E-state index in [0.29, 0.717) is 43.4 Å². The van der Waals surface area contributed by atoms with Crippen LogP contribution in [0.25, 0.3) is 10.4 Å². The van der Waals surface area contributed by atoms with Crippen LogP contribution >= 0.6 is 45.9 Å². The van der Waals surface area contributed by atoms with Gasteiger partial charge in [0.2, 0.25) is 0 Å². The van der Waals surface area contributed by atoms with Gasteiger partial charge in [-0.3, -0.25) is 9.59 Å². The zero-order chi connectivity index (χ0) is 23.3. The van der Waals surface area contributed by atoms with Crippen LogP contribution in [0.3, 0.4) is 0 Å². The molecule has 0 atom stereocenters. The summed E-state index contributed by atoms with van der Waals surface area (Å²) in [6.45, 7) is 2.41. The molecule has 0 aliphatic heterocycles. The number of carbonyl (C=O) groups is 2. The van der Waals surface area contributed by atoms with E-state index >= 15 is 0 Å². The summed E-state index contributed by atoms with van der Waals surface area (Å²) >= 11 is 14.4. The third kappa shape index (κ3) is 6.88. The van der Waals surface area contributed by atoms with Gasteiger partial charge in [0.05, 0.1) is 31.3 Å². The molecule has 2 heterocycles. The van der Waals surface area contributed by atoms with Crippen molar-refractivity contribution >= 4 is 121 Å². The fourth-order valence-corrected chi connectivity index (χ4v) is 4.77. The van der Waals surface area contributed by atoms with Crippen LogP contribution in [0.5, 0.6) is 5.75 Å². The zero-order valence-electron chi connectivity index (χ0n) is 17.1. The number of hydrogen-bond acceptors (Lipinski definition) is 7. The Morgan fingerprint density at radius 3 is 2.61 bits per heavy atom. The minimum atomic E-state index is -0.474. The molecule has 33 heavy (non-hydrogen) atoms. The molecule has 12 heteroatoms. The molecule has 0 saturated heterocycles. The number of amides is 2. The number of nitrogens with zero attached hydrogens (tertiary/aromatic N) is 2. The van der Waals surface area contributed by atoms with E-state index in [1.807, 2.05) is 0 Å². The first-order valence-electron chi connectivity index (χ1n) is 9.33. The summed E-state index contributed by atoms with van der Waals surface area (Å²) in [5.41, 5.74) is 0.880. The molecule has 1 aromatic carbocycles. The van der Waals surface area contributed by atoms with Crippen LogP contribution in [0, 0.1) is 0 Å². The molecule has 0 aliphatic carbocycles. The van der Waals surface area contributed by atoms with Gasteiger partial charge in [0.1, 0.15) is 5.69 Å². The summed E-state index contributed by atoms with van der Waals surface area (Å²) < 4.78 is 4.91. The molecule has 0 bridgehead atoms. The summed E-state index contributed by atoms with van der Waals surface area (Å²) in [6.07, 6.45) is 1.44. The maximum atomic E-state index is 13.2. The number of anilines is 1. The second-order valence-electron chi connectivity index (χ2n) is 6.33. The average Bonchev–Trinajstić information content (AvgIpc) is 3.41. The van der Waals surface area contributed by atoms with E-state index in [1.165, 1.54) is 17.6 Å². The number of ether oxygens (including phenoxy) is 1.